The van der Waals surface area contributed by atoms with Crippen molar-refractivity contribution in [3.63, 3.8) is 0 Å². The number of aryl methyl sites for hydroxylation is 1. The van der Waals surface area contributed by atoms with E-state index in [1.165, 1.54) is 0 Å². The van der Waals surface area contributed by atoms with E-state index in [1.807, 2.05) is 40.1 Å². The zero-order valence-electron chi connectivity index (χ0n) is 12.7. The summed E-state index contributed by atoms with van der Waals surface area (Å²) in [6.07, 6.45) is 2.51. The van der Waals surface area contributed by atoms with Gasteiger partial charge in [-0.2, -0.15) is 5.10 Å². The van der Waals surface area contributed by atoms with E-state index >= 15 is 0 Å². The van der Waals surface area contributed by atoms with Gasteiger partial charge in [0.2, 0.25) is 0 Å². The Balaban J connectivity index is 1.93. The second kappa shape index (κ2) is 5.44. The van der Waals surface area contributed by atoms with Crippen molar-refractivity contribution in [1.29, 1.82) is 0 Å². The summed E-state index contributed by atoms with van der Waals surface area (Å²) in [5.41, 5.74) is 6.67. The molecule has 112 valence electrons. The molecule has 2 N–H and O–H groups in total. The average Bonchev–Trinajstić information content (AvgIpc) is 2.94. The van der Waals surface area contributed by atoms with Crippen molar-refractivity contribution < 1.29 is 9.53 Å². The van der Waals surface area contributed by atoms with E-state index in [9.17, 15) is 4.79 Å². The highest BCUT2D eigenvalue weighted by atomic mass is 16.6. The number of carbonyl (C=O) groups is 1. The van der Waals surface area contributed by atoms with Crippen molar-refractivity contribution in [2.24, 2.45) is 18.7 Å². The van der Waals surface area contributed by atoms with Crippen LogP contribution in [0, 0.1) is 5.92 Å². The van der Waals surface area contributed by atoms with Gasteiger partial charge in [0.1, 0.15) is 5.60 Å². The highest BCUT2D eigenvalue weighted by Gasteiger charge is 2.33. The Kier molecular flexibility index (Phi) is 4.04. The van der Waals surface area contributed by atoms with Gasteiger partial charge in [-0.25, -0.2) is 4.79 Å². The maximum atomic E-state index is 12.0. The first-order chi connectivity index (χ1) is 9.26. The molecule has 0 radical (unpaired) electrons. The molecule has 2 unspecified atom stereocenters. The van der Waals surface area contributed by atoms with E-state index in [-0.39, 0.29) is 18.1 Å². The van der Waals surface area contributed by atoms with E-state index in [2.05, 4.69) is 5.10 Å². The van der Waals surface area contributed by atoms with Crippen molar-refractivity contribution in [1.82, 2.24) is 14.7 Å². The van der Waals surface area contributed by atoms with Gasteiger partial charge in [-0.1, -0.05) is 0 Å². The highest BCUT2D eigenvalue weighted by molar-refractivity contribution is 5.68. The Hall–Kier alpha value is -1.56. The molecule has 0 bridgehead atoms. The fourth-order valence-electron chi connectivity index (χ4n) is 2.43. The third-order valence-corrected chi connectivity index (χ3v) is 3.46. The SMILES string of the molecule is Cn1ccc(C(N)C2CCN(C(=O)OC(C)(C)C)C2)n1. The van der Waals surface area contributed by atoms with E-state index in [0.717, 1.165) is 12.1 Å². The molecule has 1 aliphatic heterocycles. The Morgan fingerprint density at radius 2 is 2.25 bits per heavy atom. The maximum absolute atomic E-state index is 12.0. The zero-order chi connectivity index (χ0) is 14.9. The van der Waals surface area contributed by atoms with E-state index in [4.69, 9.17) is 10.5 Å². The Morgan fingerprint density at radius 1 is 1.55 bits per heavy atom. The lowest BCUT2D eigenvalue weighted by atomic mass is 9.97. The van der Waals surface area contributed by atoms with Gasteiger partial charge >= 0.3 is 6.09 Å². The zero-order valence-corrected chi connectivity index (χ0v) is 12.7. The Labute approximate surface area is 119 Å². The first kappa shape index (κ1) is 14.8. The average molecular weight is 280 g/mol. The van der Waals surface area contributed by atoms with Gasteiger partial charge in [0.05, 0.1) is 11.7 Å². The van der Waals surface area contributed by atoms with Crippen LogP contribution >= 0.6 is 0 Å². The van der Waals surface area contributed by atoms with Gasteiger partial charge in [0.25, 0.3) is 0 Å². The molecule has 6 nitrogen and oxygen atoms in total. The molecule has 2 atom stereocenters. The predicted octanol–water partition coefficient (Wildman–Crippen LogP) is 1.68. The molecular weight excluding hydrogens is 256 g/mol. The molecule has 0 spiro atoms. The number of carbonyl (C=O) groups excluding carboxylic acids is 1. The fourth-order valence-corrected chi connectivity index (χ4v) is 2.43. The largest absolute Gasteiger partial charge is 0.444 e. The van der Waals surface area contributed by atoms with Crippen molar-refractivity contribution in [2.75, 3.05) is 13.1 Å². The monoisotopic (exact) mass is 280 g/mol. The number of hydrogen-bond acceptors (Lipinski definition) is 4. The molecule has 0 saturated carbocycles. The number of rotatable bonds is 2. The molecule has 1 aromatic heterocycles. The predicted molar refractivity (Wildman–Crippen MR) is 76.1 cm³/mol. The van der Waals surface area contributed by atoms with Gasteiger partial charge in [-0.3, -0.25) is 4.68 Å². The molecule has 1 aliphatic rings. The molecule has 1 saturated heterocycles. The number of nitrogens with zero attached hydrogens (tertiary/aromatic N) is 3. The van der Waals surface area contributed by atoms with Crippen LogP contribution in [0.1, 0.15) is 38.9 Å². The number of ether oxygens (including phenoxy) is 1. The summed E-state index contributed by atoms with van der Waals surface area (Å²) < 4.78 is 7.13. The van der Waals surface area contributed by atoms with Gasteiger partial charge in [0.15, 0.2) is 0 Å². The quantitative estimate of drug-likeness (QED) is 0.894. The number of amides is 1. The summed E-state index contributed by atoms with van der Waals surface area (Å²) in [7, 11) is 1.87. The van der Waals surface area contributed by atoms with Crippen LogP contribution < -0.4 is 5.73 Å². The molecule has 2 heterocycles. The molecule has 20 heavy (non-hydrogen) atoms. The van der Waals surface area contributed by atoms with E-state index in [0.29, 0.717) is 13.1 Å². The second-order valence-electron chi connectivity index (χ2n) is 6.42. The molecule has 1 amide bonds. The van der Waals surface area contributed by atoms with E-state index in [1.54, 1.807) is 9.58 Å². The van der Waals surface area contributed by atoms with Gasteiger partial charge < -0.3 is 15.4 Å². The minimum atomic E-state index is -0.460. The Morgan fingerprint density at radius 3 is 2.80 bits per heavy atom. The van der Waals surface area contributed by atoms with Crippen molar-refractivity contribution in [3.05, 3.63) is 18.0 Å². The van der Waals surface area contributed by atoms with Crippen molar-refractivity contribution in [3.8, 4) is 0 Å². The third-order valence-electron chi connectivity index (χ3n) is 3.46. The van der Waals surface area contributed by atoms with Crippen LogP contribution in [0.5, 0.6) is 0 Å². The molecule has 1 aromatic rings. The summed E-state index contributed by atoms with van der Waals surface area (Å²) in [5, 5.41) is 4.34. The lowest BCUT2D eigenvalue weighted by molar-refractivity contribution is 0.0286. The molecule has 0 aromatic carbocycles. The second-order valence-corrected chi connectivity index (χ2v) is 6.42. The molecule has 2 rings (SSSR count). The van der Waals surface area contributed by atoms with Crippen LogP contribution in [-0.2, 0) is 11.8 Å². The summed E-state index contributed by atoms with van der Waals surface area (Å²) in [4.78, 5) is 13.7. The fraction of sp³-hybridized carbons (Fsp3) is 0.714. The molecule has 6 heteroatoms. The Bertz CT molecular complexity index is 478. The lowest BCUT2D eigenvalue weighted by Crippen LogP contribution is -2.36. The molecular formula is C14H24N4O2. The minimum absolute atomic E-state index is 0.136. The summed E-state index contributed by atoms with van der Waals surface area (Å²) in [6.45, 7) is 6.95. The van der Waals surface area contributed by atoms with E-state index < -0.39 is 5.60 Å². The topological polar surface area (TPSA) is 73.4 Å². The minimum Gasteiger partial charge on any atom is -0.444 e. The summed E-state index contributed by atoms with van der Waals surface area (Å²) in [5.74, 6) is 0.234. The van der Waals surface area contributed by atoms with Gasteiger partial charge in [0, 0.05) is 26.3 Å². The first-order valence-electron chi connectivity index (χ1n) is 6.99. The molecule has 1 fully saturated rings. The van der Waals surface area contributed by atoms with Crippen LogP contribution in [0.4, 0.5) is 4.79 Å². The third kappa shape index (κ3) is 3.50. The first-order valence-corrected chi connectivity index (χ1v) is 6.99. The molecule has 0 aliphatic carbocycles. The van der Waals surface area contributed by atoms with Crippen molar-refractivity contribution in [2.45, 2.75) is 38.8 Å². The number of hydrogen-bond donors (Lipinski definition) is 1. The summed E-state index contributed by atoms with van der Waals surface area (Å²) >= 11 is 0. The maximum Gasteiger partial charge on any atom is 0.410 e. The van der Waals surface area contributed by atoms with Crippen LogP contribution in [0.3, 0.4) is 0 Å². The summed E-state index contributed by atoms with van der Waals surface area (Å²) in [6, 6.07) is 1.80. The normalized spacial score (nSPS) is 21.1. The van der Waals surface area contributed by atoms with Crippen LogP contribution in [0.15, 0.2) is 12.3 Å². The number of likely N-dealkylation sites (tertiary alicyclic amines) is 1. The van der Waals surface area contributed by atoms with Crippen molar-refractivity contribution >= 4 is 6.09 Å². The lowest BCUT2D eigenvalue weighted by Gasteiger charge is -2.25. The smallest absolute Gasteiger partial charge is 0.410 e. The number of nitrogens with two attached hydrogens (primary N) is 1. The number of aromatic nitrogens is 2. The van der Waals surface area contributed by atoms with Crippen LogP contribution in [0.25, 0.3) is 0 Å². The highest BCUT2D eigenvalue weighted by Crippen LogP contribution is 2.28. The van der Waals surface area contributed by atoms with Crippen LogP contribution in [0.2, 0.25) is 0 Å². The van der Waals surface area contributed by atoms with Gasteiger partial charge in [-0.15, -0.1) is 0 Å². The van der Waals surface area contributed by atoms with Gasteiger partial charge in [-0.05, 0) is 39.2 Å². The standard InChI is InChI=1S/C14H24N4O2/c1-14(2,3)20-13(19)18-8-5-10(9-18)12(15)11-6-7-17(4)16-11/h6-7,10,12H,5,8-9,15H2,1-4H3. The van der Waals surface area contributed by atoms with Crippen LogP contribution in [-0.4, -0.2) is 39.5 Å².